The molecule has 1 saturated heterocycles. The van der Waals surface area contributed by atoms with Crippen molar-refractivity contribution < 1.29 is 9.53 Å². The van der Waals surface area contributed by atoms with Gasteiger partial charge in [0.05, 0.1) is 6.04 Å². The van der Waals surface area contributed by atoms with Crippen LogP contribution in [0, 0.1) is 0 Å². The Morgan fingerprint density at radius 1 is 1.50 bits per heavy atom. The summed E-state index contributed by atoms with van der Waals surface area (Å²) in [7, 11) is 0. The molecule has 1 aromatic rings. The topological polar surface area (TPSA) is 104 Å². The normalized spacial score (nSPS) is 21.9. The predicted molar refractivity (Wildman–Crippen MR) is 73.7 cm³/mol. The van der Waals surface area contributed by atoms with Crippen LogP contribution in [0.3, 0.4) is 0 Å². The summed E-state index contributed by atoms with van der Waals surface area (Å²) >= 11 is 0. The standard InChI is InChI=1S/C13H17N5O2/c14-11-6-7-18(8-12(11)16-17-15)13(19)20-9-10-4-2-1-3-5-10/h1-5,11-12H,6-9,14H2/t11-,12+/m1/s1. The summed E-state index contributed by atoms with van der Waals surface area (Å²) in [6.07, 6.45) is 0.198. The maximum atomic E-state index is 12.0. The molecule has 1 aliphatic heterocycles. The Bertz CT molecular complexity index is 501. The van der Waals surface area contributed by atoms with E-state index in [1.807, 2.05) is 30.3 Å². The molecule has 0 bridgehead atoms. The lowest BCUT2D eigenvalue weighted by molar-refractivity contribution is 0.0836. The number of hydrogen-bond acceptors (Lipinski definition) is 4. The molecule has 20 heavy (non-hydrogen) atoms. The van der Waals surface area contributed by atoms with Gasteiger partial charge in [-0.3, -0.25) is 0 Å². The van der Waals surface area contributed by atoms with Crippen LogP contribution < -0.4 is 5.73 Å². The summed E-state index contributed by atoms with van der Waals surface area (Å²) in [5.41, 5.74) is 15.3. The first kappa shape index (κ1) is 14.2. The van der Waals surface area contributed by atoms with Gasteiger partial charge in [-0.2, -0.15) is 0 Å². The van der Waals surface area contributed by atoms with Gasteiger partial charge in [-0.05, 0) is 17.5 Å². The van der Waals surface area contributed by atoms with E-state index in [1.54, 1.807) is 0 Å². The highest BCUT2D eigenvalue weighted by atomic mass is 16.6. The third-order valence-electron chi connectivity index (χ3n) is 3.30. The Kier molecular flexibility index (Phi) is 4.81. The fraction of sp³-hybridized carbons (Fsp3) is 0.462. The lowest BCUT2D eigenvalue weighted by Crippen LogP contribution is -2.51. The zero-order valence-electron chi connectivity index (χ0n) is 11.1. The minimum atomic E-state index is -0.404. The number of amides is 1. The summed E-state index contributed by atoms with van der Waals surface area (Å²) in [5.74, 6) is 0. The number of piperidine rings is 1. The molecule has 2 atom stereocenters. The van der Waals surface area contributed by atoms with Gasteiger partial charge in [-0.15, -0.1) is 0 Å². The molecule has 0 aromatic heterocycles. The Hall–Kier alpha value is -2.24. The van der Waals surface area contributed by atoms with Crippen LogP contribution in [0.15, 0.2) is 35.4 Å². The number of nitrogens with zero attached hydrogens (tertiary/aromatic N) is 4. The molecule has 0 saturated carbocycles. The average Bonchev–Trinajstić information content (AvgIpc) is 2.48. The number of carbonyl (C=O) groups is 1. The van der Waals surface area contributed by atoms with Crippen molar-refractivity contribution in [2.45, 2.75) is 25.1 Å². The van der Waals surface area contributed by atoms with Gasteiger partial charge in [-0.1, -0.05) is 35.4 Å². The number of nitrogens with two attached hydrogens (primary N) is 1. The van der Waals surface area contributed by atoms with E-state index < -0.39 is 12.1 Å². The zero-order chi connectivity index (χ0) is 14.4. The highest BCUT2D eigenvalue weighted by molar-refractivity contribution is 5.67. The third kappa shape index (κ3) is 3.63. The maximum absolute atomic E-state index is 12.0. The summed E-state index contributed by atoms with van der Waals surface area (Å²) in [6.45, 7) is 1.06. The van der Waals surface area contributed by atoms with Crippen LogP contribution in [0.1, 0.15) is 12.0 Å². The molecule has 106 valence electrons. The summed E-state index contributed by atoms with van der Waals surface area (Å²) in [5, 5.41) is 3.62. The molecule has 1 aliphatic rings. The highest BCUT2D eigenvalue weighted by Gasteiger charge is 2.29. The van der Waals surface area contributed by atoms with Crippen molar-refractivity contribution in [2.75, 3.05) is 13.1 Å². The largest absolute Gasteiger partial charge is 0.445 e. The lowest BCUT2D eigenvalue weighted by Gasteiger charge is -2.33. The summed E-state index contributed by atoms with van der Waals surface area (Å²) in [6, 6.07) is 8.87. The molecule has 0 aliphatic carbocycles. The van der Waals surface area contributed by atoms with Crippen molar-refractivity contribution in [3.05, 3.63) is 46.3 Å². The van der Waals surface area contributed by atoms with Crippen LogP contribution in [-0.4, -0.2) is 36.2 Å². The molecule has 2 rings (SSSR count). The molecule has 0 spiro atoms. The molecule has 0 radical (unpaired) electrons. The number of benzene rings is 1. The zero-order valence-corrected chi connectivity index (χ0v) is 11.1. The van der Waals surface area contributed by atoms with Gasteiger partial charge < -0.3 is 15.4 Å². The van der Waals surface area contributed by atoms with Crippen LogP contribution in [0.5, 0.6) is 0 Å². The van der Waals surface area contributed by atoms with Crippen molar-refractivity contribution in [2.24, 2.45) is 10.8 Å². The molecular weight excluding hydrogens is 258 g/mol. The van der Waals surface area contributed by atoms with E-state index in [1.165, 1.54) is 4.90 Å². The van der Waals surface area contributed by atoms with E-state index in [-0.39, 0.29) is 12.6 Å². The van der Waals surface area contributed by atoms with Crippen LogP contribution in [0.4, 0.5) is 4.79 Å². The molecule has 1 aromatic carbocycles. The second-order valence-corrected chi connectivity index (χ2v) is 4.71. The first-order valence-corrected chi connectivity index (χ1v) is 6.46. The van der Waals surface area contributed by atoms with Gasteiger partial charge in [0.15, 0.2) is 0 Å². The Labute approximate surface area is 116 Å². The Morgan fingerprint density at radius 2 is 2.25 bits per heavy atom. The molecule has 1 fully saturated rings. The van der Waals surface area contributed by atoms with Crippen molar-refractivity contribution in [1.82, 2.24) is 4.90 Å². The SMILES string of the molecule is [N-]=[N+]=N[C@H]1CN(C(=O)OCc2ccccc2)CC[C@H]1N. The van der Waals surface area contributed by atoms with E-state index in [2.05, 4.69) is 10.0 Å². The van der Waals surface area contributed by atoms with E-state index in [0.717, 1.165) is 5.56 Å². The van der Waals surface area contributed by atoms with Crippen LogP contribution in [0.2, 0.25) is 0 Å². The molecule has 1 heterocycles. The number of azide groups is 1. The van der Waals surface area contributed by atoms with E-state index in [9.17, 15) is 4.79 Å². The lowest BCUT2D eigenvalue weighted by atomic mass is 10.0. The molecule has 7 nitrogen and oxygen atoms in total. The second kappa shape index (κ2) is 6.79. The van der Waals surface area contributed by atoms with Gasteiger partial charge in [0, 0.05) is 24.0 Å². The number of ether oxygens (including phenoxy) is 1. The van der Waals surface area contributed by atoms with Gasteiger partial charge in [0.25, 0.3) is 0 Å². The van der Waals surface area contributed by atoms with E-state index in [0.29, 0.717) is 19.5 Å². The Balaban J connectivity index is 1.88. The number of likely N-dealkylation sites (tertiary alicyclic amines) is 1. The summed E-state index contributed by atoms with van der Waals surface area (Å²) < 4.78 is 5.24. The number of carbonyl (C=O) groups excluding carboxylic acids is 1. The first-order valence-electron chi connectivity index (χ1n) is 6.46. The van der Waals surface area contributed by atoms with Gasteiger partial charge in [0.1, 0.15) is 6.61 Å². The predicted octanol–water partition coefficient (Wildman–Crippen LogP) is 2.04. The van der Waals surface area contributed by atoms with Gasteiger partial charge >= 0.3 is 6.09 Å². The van der Waals surface area contributed by atoms with Crippen LogP contribution >= 0.6 is 0 Å². The van der Waals surface area contributed by atoms with E-state index >= 15 is 0 Å². The van der Waals surface area contributed by atoms with E-state index in [4.69, 9.17) is 16.0 Å². The minimum absolute atomic E-state index is 0.205. The van der Waals surface area contributed by atoms with Crippen molar-refractivity contribution in [3.63, 3.8) is 0 Å². The van der Waals surface area contributed by atoms with Crippen LogP contribution in [0.25, 0.3) is 10.4 Å². The molecule has 1 amide bonds. The monoisotopic (exact) mass is 275 g/mol. The summed E-state index contributed by atoms with van der Waals surface area (Å²) in [4.78, 5) is 16.3. The highest BCUT2D eigenvalue weighted by Crippen LogP contribution is 2.14. The van der Waals surface area contributed by atoms with Crippen LogP contribution in [-0.2, 0) is 11.3 Å². The van der Waals surface area contributed by atoms with Crippen molar-refractivity contribution in [3.8, 4) is 0 Å². The first-order chi connectivity index (χ1) is 9.70. The molecular formula is C13H17N5O2. The smallest absolute Gasteiger partial charge is 0.410 e. The molecule has 0 unspecified atom stereocenters. The second-order valence-electron chi connectivity index (χ2n) is 4.71. The third-order valence-corrected chi connectivity index (χ3v) is 3.30. The van der Waals surface area contributed by atoms with Crippen molar-refractivity contribution >= 4 is 6.09 Å². The number of hydrogen-bond donors (Lipinski definition) is 1. The quantitative estimate of drug-likeness (QED) is 0.518. The van der Waals surface area contributed by atoms with Gasteiger partial charge in [0.2, 0.25) is 0 Å². The fourth-order valence-corrected chi connectivity index (χ4v) is 2.11. The maximum Gasteiger partial charge on any atom is 0.410 e. The van der Waals surface area contributed by atoms with Gasteiger partial charge in [-0.25, -0.2) is 4.79 Å². The average molecular weight is 275 g/mol. The molecule has 2 N–H and O–H groups in total. The fourth-order valence-electron chi connectivity index (χ4n) is 2.11. The molecule has 7 heteroatoms. The van der Waals surface area contributed by atoms with Crippen molar-refractivity contribution in [1.29, 1.82) is 0 Å². The number of rotatable bonds is 3. The Morgan fingerprint density at radius 3 is 2.95 bits per heavy atom. The minimum Gasteiger partial charge on any atom is -0.445 e.